The van der Waals surface area contributed by atoms with Crippen LogP contribution in [0.3, 0.4) is 0 Å². The van der Waals surface area contributed by atoms with Crippen molar-refractivity contribution in [3.8, 4) is 0 Å². The van der Waals surface area contributed by atoms with Crippen molar-refractivity contribution >= 4 is 19.8 Å². The fourth-order valence-corrected chi connectivity index (χ4v) is 11.3. The zero-order valence-corrected chi connectivity index (χ0v) is 55.6. The van der Waals surface area contributed by atoms with Gasteiger partial charge in [0.05, 0.1) is 13.2 Å². The number of rotatable bonds is 68. The molecule has 83 heavy (non-hydrogen) atoms. The van der Waals surface area contributed by atoms with E-state index in [1.165, 1.54) is 276 Å². The first kappa shape index (κ1) is 80.7. The van der Waals surface area contributed by atoms with Gasteiger partial charge in [-0.15, -0.1) is 0 Å². The standard InChI is InChI=1S/C73H136NO8P/c1-3-5-7-9-11-13-15-17-19-21-23-25-27-28-29-30-31-32-33-34-35-36-37-38-39-40-41-42-44-46-48-50-52-54-56-58-60-62-64-66-73(76)82-71(70-81-83(77,78)80-68-67-74)69-79-72(75)65-63-61-59-57-55-53-51-49-47-45-43-26-24-22-20-18-16-14-12-10-8-6-4-2/h15-18,21-24,27-28,71H,3-14,19-20,25-26,29-70,74H2,1-2H3,(H,77,78)/b17-15-,18-16-,23-21-,24-22-,28-27-. The summed E-state index contributed by atoms with van der Waals surface area (Å²) in [5.41, 5.74) is 5.40. The Kier molecular flexibility index (Phi) is 66.9. The van der Waals surface area contributed by atoms with Crippen LogP contribution in [0.4, 0.5) is 0 Å². The number of allylic oxidation sites excluding steroid dienone is 10. The van der Waals surface area contributed by atoms with Crippen molar-refractivity contribution in [3.63, 3.8) is 0 Å². The predicted octanol–water partition coefficient (Wildman–Crippen LogP) is 23.4. The number of carbonyl (C=O) groups is 2. The molecule has 0 radical (unpaired) electrons. The summed E-state index contributed by atoms with van der Waals surface area (Å²) in [4.78, 5) is 35.3. The van der Waals surface area contributed by atoms with Crippen LogP contribution < -0.4 is 5.73 Å². The molecule has 9 nitrogen and oxygen atoms in total. The second-order valence-corrected chi connectivity index (χ2v) is 25.6. The number of unbranched alkanes of at least 4 members (excludes halogenated alkanes) is 45. The molecule has 0 amide bonds. The summed E-state index contributed by atoms with van der Waals surface area (Å²) in [6, 6.07) is 0. The Labute approximate surface area is 514 Å². The van der Waals surface area contributed by atoms with E-state index in [4.69, 9.17) is 24.3 Å². The van der Waals surface area contributed by atoms with Gasteiger partial charge in [0.15, 0.2) is 6.10 Å². The Balaban J connectivity index is 3.79. The zero-order chi connectivity index (χ0) is 60.1. The zero-order valence-electron chi connectivity index (χ0n) is 54.7. The Morgan fingerprint density at radius 2 is 0.627 bits per heavy atom. The van der Waals surface area contributed by atoms with Crippen LogP contribution in [-0.2, 0) is 32.7 Å². The van der Waals surface area contributed by atoms with E-state index in [1.807, 2.05) is 0 Å². The molecule has 0 fully saturated rings. The Hall–Kier alpha value is -2.29. The third-order valence-electron chi connectivity index (χ3n) is 15.9. The molecule has 0 aromatic heterocycles. The molecule has 0 aliphatic rings. The van der Waals surface area contributed by atoms with Crippen LogP contribution in [0.25, 0.3) is 0 Å². The van der Waals surface area contributed by atoms with Crippen molar-refractivity contribution in [3.05, 3.63) is 60.8 Å². The largest absolute Gasteiger partial charge is 0.472 e. The fraction of sp³-hybridized carbons (Fsp3) is 0.836. The average molecular weight is 1190 g/mol. The molecule has 0 saturated heterocycles. The molecule has 0 rings (SSSR count). The number of nitrogens with two attached hydrogens (primary N) is 1. The van der Waals surface area contributed by atoms with Gasteiger partial charge < -0.3 is 20.1 Å². The lowest BCUT2D eigenvalue weighted by atomic mass is 10.0. The molecule has 0 spiro atoms. The normalized spacial score (nSPS) is 13.3. The predicted molar refractivity (Wildman–Crippen MR) is 358 cm³/mol. The SMILES string of the molecule is CCCCCCC/C=C\C/C=C\C/C=C\CCCCCCCCCCCCCCCCCCCCCCCCCCC(=O)OC(COC(=O)CCCCCCCCCCCCC/C=C\C/C=C\CCCCCCC)COP(=O)(O)OCCN. The van der Waals surface area contributed by atoms with E-state index in [9.17, 15) is 19.0 Å². The maximum Gasteiger partial charge on any atom is 0.472 e. The lowest BCUT2D eigenvalue weighted by molar-refractivity contribution is -0.161. The number of carbonyl (C=O) groups excluding carboxylic acids is 2. The van der Waals surface area contributed by atoms with Gasteiger partial charge in [0, 0.05) is 19.4 Å². The summed E-state index contributed by atoms with van der Waals surface area (Å²) in [6.07, 6.45) is 89.0. The molecule has 3 N–H and O–H groups in total. The minimum Gasteiger partial charge on any atom is -0.462 e. The molecule has 2 unspecified atom stereocenters. The summed E-state index contributed by atoms with van der Waals surface area (Å²) in [5.74, 6) is -0.813. The smallest absolute Gasteiger partial charge is 0.462 e. The molecule has 486 valence electrons. The van der Waals surface area contributed by atoms with E-state index < -0.39 is 26.5 Å². The first-order chi connectivity index (χ1) is 40.8. The van der Waals surface area contributed by atoms with Crippen molar-refractivity contribution < 1.29 is 37.6 Å². The van der Waals surface area contributed by atoms with E-state index in [1.54, 1.807) is 0 Å². The van der Waals surface area contributed by atoms with Crippen LogP contribution >= 0.6 is 7.82 Å². The topological polar surface area (TPSA) is 134 Å². The third-order valence-corrected chi connectivity index (χ3v) is 16.9. The van der Waals surface area contributed by atoms with Gasteiger partial charge >= 0.3 is 19.8 Å². The van der Waals surface area contributed by atoms with Gasteiger partial charge in [0.2, 0.25) is 0 Å². The molecule has 0 aromatic carbocycles. The van der Waals surface area contributed by atoms with Gasteiger partial charge in [-0.3, -0.25) is 18.6 Å². The Bertz CT molecular complexity index is 1540. The molecule has 0 heterocycles. The number of ether oxygens (including phenoxy) is 2. The van der Waals surface area contributed by atoms with Gasteiger partial charge in [-0.1, -0.05) is 325 Å². The molecule has 10 heteroatoms. The first-order valence-electron chi connectivity index (χ1n) is 35.8. The van der Waals surface area contributed by atoms with Gasteiger partial charge in [-0.05, 0) is 83.5 Å². The first-order valence-corrected chi connectivity index (χ1v) is 37.3. The van der Waals surface area contributed by atoms with E-state index in [2.05, 4.69) is 74.6 Å². The molecular weight excluding hydrogens is 1050 g/mol. The summed E-state index contributed by atoms with van der Waals surface area (Å²) >= 11 is 0. The number of esters is 2. The van der Waals surface area contributed by atoms with Crippen LogP contribution in [0.1, 0.15) is 361 Å². The lowest BCUT2D eigenvalue weighted by Gasteiger charge is -2.19. The molecule has 0 bridgehead atoms. The summed E-state index contributed by atoms with van der Waals surface area (Å²) in [7, 11) is -4.39. The number of phosphoric acid groups is 1. The van der Waals surface area contributed by atoms with Crippen LogP contribution in [0, 0.1) is 0 Å². The van der Waals surface area contributed by atoms with E-state index in [-0.39, 0.29) is 38.6 Å². The molecule has 2 atom stereocenters. The van der Waals surface area contributed by atoms with Crippen LogP contribution in [-0.4, -0.2) is 49.3 Å². The maximum absolute atomic E-state index is 12.8. The van der Waals surface area contributed by atoms with Crippen molar-refractivity contribution in [2.75, 3.05) is 26.4 Å². The second-order valence-electron chi connectivity index (χ2n) is 24.1. The van der Waals surface area contributed by atoms with Gasteiger partial charge in [-0.2, -0.15) is 0 Å². The minimum absolute atomic E-state index is 0.0539. The monoisotopic (exact) mass is 1190 g/mol. The molecular formula is C73H136NO8P. The quantitative estimate of drug-likeness (QED) is 0.0264. The molecule has 0 saturated carbocycles. The molecule has 0 aliphatic heterocycles. The highest BCUT2D eigenvalue weighted by atomic mass is 31.2. The van der Waals surface area contributed by atoms with Gasteiger partial charge in [0.25, 0.3) is 0 Å². The van der Waals surface area contributed by atoms with E-state index in [0.717, 1.165) is 51.4 Å². The molecule has 0 aromatic rings. The van der Waals surface area contributed by atoms with Crippen molar-refractivity contribution in [2.45, 2.75) is 367 Å². The Morgan fingerprint density at radius 1 is 0.361 bits per heavy atom. The van der Waals surface area contributed by atoms with Crippen molar-refractivity contribution in [2.24, 2.45) is 5.73 Å². The van der Waals surface area contributed by atoms with Crippen LogP contribution in [0.15, 0.2) is 60.8 Å². The number of phosphoric ester groups is 1. The fourth-order valence-electron chi connectivity index (χ4n) is 10.6. The number of hydrogen-bond acceptors (Lipinski definition) is 8. The van der Waals surface area contributed by atoms with Crippen LogP contribution in [0.2, 0.25) is 0 Å². The van der Waals surface area contributed by atoms with E-state index in [0.29, 0.717) is 6.42 Å². The highest BCUT2D eigenvalue weighted by Gasteiger charge is 2.26. The third kappa shape index (κ3) is 68.7. The Morgan fingerprint density at radius 3 is 0.928 bits per heavy atom. The second kappa shape index (κ2) is 68.8. The van der Waals surface area contributed by atoms with Crippen LogP contribution in [0.5, 0.6) is 0 Å². The lowest BCUT2D eigenvalue weighted by Crippen LogP contribution is -2.29. The maximum atomic E-state index is 12.8. The minimum atomic E-state index is -4.39. The summed E-state index contributed by atoms with van der Waals surface area (Å²) < 4.78 is 33.2. The summed E-state index contributed by atoms with van der Waals surface area (Å²) in [6.45, 7) is 3.77. The van der Waals surface area contributed by atoms with Crippen molar-refractivity contribution in [1.82, 2.24) is 0 Å². The van der Waals surface area contributed by atoms with Gasteiger partial charge in [0.1, 0.15) is 6.61 Å². The highest BCUT2D eigenvalue weighted by molar-refractivity contribution is 7.47. The van der Waals surface area contributed by atoms with E-state index >= 15 is 0 Å². The number of hydrogen-bond donors (Lipinski definition) is 2. The molecule has 0 aliphatic carbocycles. The van der Waals surface area contributed by atoms with Gasteiger partial charge in [-0.25, -0.2) is 4.57 Å². The van der Waals surface area contributed by atoms with Crippen molar-refractivity contribution in [1.29, 1.82) is 0 Å². The average Bonchev–Trinajstić information content (AvgIpc) is 3.48. The summed E-state index contributed by atoms with van der Waals surface area (Å²) in [5, 5.41) is 0. The highest BCUT2D eigenvalue weighted by Crippen LogP contribution is 2.43.